The van der Waals surface area contributed by atoms with Crippen molar-refractivity contribution in [1.29, 1.82) is 0 Å². The van der Waals surface area contributed by atoms with Gasteiger partial charge in [-0.2, -0.15) is 0 Å². The van der Waals surface area contributed by atoms with Crippen molar-refractivity contribution < 1.29 is 14.3 Å². The fourth-order valence-electron chi connectivity index (χ4n) is 1.71. The van der Waals surface area contributed by atoms with Gasteiger partial charge in [-0.15, -0.1) is 11.8 Å². The van der Waals surface area contributed by atoms with Crippen LogP contribution in [0.15, 0.2) is 23.1 Å². The Morgan fingerprint density at radius 1 is 1.56 bits per heavy atom. The zero-order chi connectivity index (χ0) is 11.5. The molecule has 0 amide bonds. The molecule has 5 heteroatoms. The van der Waals surface area contributed by atoms with E-state index in [4.69, 9.17) is 5.11 Å². The normalized spacial score (nSPS) is 14.7. The molecule has 0 unspecified atom stereocenters. The van der Waals surface area contributed by atoms with Gasteiger partial charge in [0, 0.05) is 23.7 Å². The molecule has 0 radical (unpaired) electrons. The molecule has 3 nitrogen and oxygen atoms in total. The van der Waals surface area contributed by atoms with Crippen molar-refractivity contribution in [2.24, 2.45) is 0 Å². The number of carboxylic acid groups (broad SMARTS) is 1. The van der Waals surface area contributed by atoms with Crippen molar-refractivity contribution in [1.82, 2.24) is 0 Å². The molecule has 0 spiro atoms. The Bertz CT molecular complexity index is 411. The maximum Gasteiger partial charge on any atom is 0.305 e. The smallest absolute Gasteiger partial charge is 0.305 e. The second-order valence-electron chi connectivity index (χ2n) is 3.59. The molecule has 1 N–H and O–H groups in total. The molecule has 0 fully saturated rings. The number of rotatable bonds is 3. The molecule has 1 aliphatic rings. The SMILES string of the molecule is O=C(O)CCN1CCSc2ccc(F)cc21. The van der Waals surface area contributed by atoms with E-state index in [1.165, 1.54) is 12.1 Å². The van der Waals surface area contributed by atoms with Gasteiger partial charge in [0.1, 0.15) is 5.82 Å². The first-order chi connectivity index (χ1) is 7.66. The van der Waals surface area contributed by atoms with Gasteiger partial charge in [0.25, 0.3) is 0 Å². The standard InChI is InChI=1S/C11H12FNO2S/c12-8-1-2-10-9(7-8)13(5-6-16-10)4-3-11(14)15/h1-2,7H,3-6H2,(H,14,15). The van der Waals surface area contributed by atoms with Gasteiger partial charge < -0.3 is 10.0 Å². The zero-order valence-corrected chi connectivity index (χ0v) is 9.47. The van der Waals surface area contributed by atoms with Crippen molar-refractivity contribution in [3.63, 3.8) is 0 Å². The summed E-state index contributed by atoms with van der Waals surface area (Å²) < 4.78 is 13.1. The van der Waals surface area contributed by atoms with Crippen molar-refractivity contribution >= 4 is 23.4 Å². The van der Waals surface area contributed by atoms with Crippen LogP contribution in [0.1, 0.15) is 6.42 Å². The van der Waals surface area contributed by atoms with Gasteiger partial charge in [0.2, 0.25) is 0 Å². The van der Waals surface area contributed by atoms with Gasteiger partial charge in [-0.1, -0.05) is 0 Å². The Morgan fingerprint density at radius 3 is 3.12 bits per heavy atom. The first kappa shape index (κ1) is 11.3. The minimum absolute atomic E-state index is 0.0839. The summed E-state index contributed by atoms with van der Waals surface area (Å²) in [6.07, 6.45) is 0.0839. The third kappa shape index (κ3) is 2.47. The second kappa shape index (κ2) is 4.74. The maximum atomic E-state index is 13.1. The first-order valence-electron chi connectivity index (χ1n) is 5.06. The minimum atomic E-state index is -0.823. The molecule has 0 saturated heterocycles. The number of nitrogens with zero attached hydrogens (tertiary/aromatic N) is 1. The highest BCUT2D eigenvalue weighted by atomic mass is 32.2. The summed E-state index contributed by atoms with van der Waals surface area (Å²) in [4.78, 5) is 13.5. The summed E-state index contributed by atoms with van der Waals surface area (Å²) in [6.45, 7) is 1.21. The molecule has 0 aromatic heterocycles. The van der Waals surface area contributed by atoms with Crippen LogP contribution in [0.2, 0.25) is 0 Å². The highest BCUT2D eigenvalue weighted by Crippen LogP contribution is 2.34. The average molecular weight is 241 g/mol. The van der Waals surface area contributed by atoms with E-state index in [9.17, 15) is 9.18 Å². The first-order valence-corrected chi connectivity index (χ1v) is 6.04. The van der Waals surface area contributed by atoms with E-state index in [0.717, 1.165) is 22.9 Å². The minimum Gasteiger partial charge on any atom is -0.481 e. The van der Waals surface area contributed by atoms with E-state index in [2.05, 4.69) is 0 Å². The highest BCUT2D eigenvalue weighted by molar-refractivity contribution is 7.99. The third-order valence-electron chi connectivity index (χ3n) is 2.48. The molecule has 1 aromatic carbocycles. The van der Waals surface area contributed by atoms with Crippen LogP contribution in [-0.4, -0.2) is 29.9 Å². The Hall–Kier alpha value is -1.23. The monoisotopic (exact) mass is 241 g/mol. The van der Waals surface area contributed by atoms with Crippen molar-refractivity contribution in [2.45, 2.75) is 11.3 Å². The van der Waals surface area contributed by atoms with E-state index in [-0.39, 0.29) is 12.2 Å². The van der Waals surface area contributed by atoms with Crippen LogP contribution in [0.5, 0.6) is 0 Å². The predicted octanol–water partition coefficient (Wildman–Crippen LogP) is 2.21. The lowest BCUT2D eigenvalue weighted by Gasteiger charge is -2.30. The van der Waals surface area contributed by atoms with Crippen molar-refractivity contribution in [3.05, 3.63) is 24.0 Å². The number of hydrogen-bond donors (Lipinski definition) is 1. The number of anilines is 1. The highest BCUT2D eigenvalue weighted by Gasteiger charge is 2.18. The quantitative estimate of drug-likeness (QED) is 0.880. The number of benzene rings is 1. The number of carbonyl (C=O) groups is 1. The van der Waals surface area contributed by atoms with E-state index >= 15 is 0 Å². The molecular weight excluding hydrogens is 229 g/mol. The molecule has 0 saturated carbocycles. The lowest BCUT2D eigenvalue weighted by molar-refractivity contribution is -0.136. The fraction of sp³-hybridized carbons (Fsp3) is 0.364. The molecule has 2 rings (SSSR count). The second-order valence-corrected chi connectivity index (χ2v) is 4.73. The molecule has 0 bridgehead atoms. The number of fused-ring (bicyclic) bond motifs is 1. The number of thioether (sulfide) groups is 1. The Morgan fingerprint density at radius 2 is 2.38 bits per heavy atom. The number of hydrogen-bond acceptors (Lipinski definition) is 3. The zero-order valence-electron chi connectivity index (χ0n) is 8.65. The summed E-state index contributed by atoms with van der Waals surface area (Å²) in [6, 6.07) is 4.66. The summed E-state index contributed by atoms with van der Waals surface area (Å²) in [5, 5.41) is 8.64. The summed E-state index contributed by atoms with van der Waals surface area (Å²) in [5.74, 6) is -0.184. The fourth-order valence-corrected chi connectivity index (χ4v) is 2.74. The summed E-state index contributed by atoms with van der Waals surface area (Å²) in [7, 11) is 0. The molecule has 0 atom stereocenters. The van der Waals surface area contributed by atoms with Crippen LogP contribution in [-0.2, 0) is 4.79 Å². The molecule has 16 heavy (non-hydrogen) atoms. The lowest BCUT2D eigenvalue weighted by atomic mass is 10.2. The van der Waals surface area contributed by atoms with Gasteiger partial charge in [-0.05, 0) is 18.2 Å². The Labute approximate surface area is 97.3 Å². The summed E-state index contributed by atoms with van der Waals surface area (Å²) >= 11 is 1.68. The van der Waals surface area contributed by atoms with Crippen molar-refractivity contribution in [2.75, 3.05) is 23.7 Å². The van der Waals surface area contributed by atoms with E-state index in [0.29, 0.717) is 6.54 Å². The van der Waals surface area contributed by atoms with Gasteiger partial charge >= 0.3 is 5.97 Å². The van der Waals surface area contributed by atoms with E-state index < -0.39 is 5.97 Å². The predicted molar refractivity (Wildman–Crippen MR) is 61.6 cm³/mol. The van der Waals surface area contributed by atoms with E-state index in [1.54, 1.807) is 17.8 Å². The summed E-state index contributed by atoms with van der Waals surface area (Å²) in [5.41, 5.74) is 0.817. The van der Waals surface area contributed by atoms with Crippen molar-refractivity contribution in [3.8, 4) is 0 Å². The van der Waals surface area contributed by atoms with Crippen LogP contribution in [0.4, 0.5) is 10.1 Å². The van der Waals surface area contributed by atoms with E-state index in [1.807, 2.05) is 4.90 Å². The largest absolute Gasteiger partial charge is 0.481 e. The number of halogens is 1. The van der Waals surface area contributed by atoms with Crippen LogP contribution in [0.25, 0.3) is 0 Å². The molecule has 1 heterocycles. The maximum absolute atomic E-state index is 13.1. The Kier molecular flexibility index (Phi) is 3.33. The topological polar surface area (TPSA) is 40.5 Å². The molecular formula is C11H12FNO2S. The van der Waals surface area contributed by atoms with Crippen LogP contribution in [0, 0.1) is 5.82 Å². The van der Waals surface area contributed by atoms with Crippen LogP contribution in [0.3, 0.4) is 0 Å². The number of aliphatic carboxylic acids is 1. The molecule has 86 valence electrons. The van der Waals surface area contributed by atoms with Gasteiger partial charge in [0.15, 0.2) is 0 Å². The van der Waals surface area contributed by atoms with Gasteiger partial charge in [-0.25, -0.2) is 4.39 Å². The molecule has 0 aliphatic carbocycles. The van der Waals surface area contributed by atoms with Gasteiger partial charge in [0.05, 0.1) is 12.1 Å². The Balaban J connectivity index is 2.18. The molecule has 1 aliphatic heterocycles. The average Bonchev–Trinajstić information content (AvgIpc) is 2.26. The number of carboxylic acids is 1. The lowest BCUT2D eigenvalue weighted by Crippen LogP contribution is -2.31. The van der Waals surface area contributed by atoms with Gasteiger partial charge in [-0.3, -0.25) is 4.79 Å². The third-order valence-corrected chi connectivity index (χ3v) is 3.52. The molecule has 1 aromatic rings. The van der Waals surface area contributed by atoms with Crippen LogP contribution >= 0.6 is 11.8 Å². The van der Waals surface area contributed by atoms with Crippen LogP contribution < -0.4 is 4.90 Å².